The molecule has 0 heterocycles. The van der Waals surface area contributed by atoms with Crippen LogP contribution in [0.2, 0.25) is 0 Å². The molecule has 2 nitrogen and oxygen atoms in total. The molecule has 0 amide bonds. The molecule has 0 aromatic carbocycles. The van der Waals surface area contributed by atoms with Gasteiger partial charge < -0.3 is 4.74 Å². The lowest BCUT2D eigenvalue weighted by Gasteiger charge is -2.24. The van der Waals surface area contributed by atoms with Crippen molar-refractivity contribution in [1.29, 1.82) is 0 Å². The largest absolute Gasteiger partial charge is 0.349 e. The van der Waals surface area contributed by atoms with Gasteiger partial charge in [0.1, 0.15) is 0 Å². The molecule has 18 heavy (non-hydrogen) atoms. The van der Waals surface area contributed by atoms with Crippen molar-refractivity contribution < 1.29 is 9.84 Å². The first-order valence-electron chi connectivity index (χ1n) is 7.69. The Hall–Kier alpha value is -0.0800. The van der Waals surface area contributed by atoms with Gasteiger partial charge in [-0.3, -0.25) is 0 Å². The summed E-state index contributed by atoms with van der Waals surface area (Å²) in [4.78, 5) is 0. The second-order valence-electron chi connectivity index (χ2n) is 6.17. The third kappa shape index (κ3) is 7.38. The Bertz CT molecular complexity index is 194. The minimum Gasteiger partial charge on any atom is -0.349 e. The number of hydrogen-bond donors (Lipinski definition) is 0. The molecule has 0 aliphatic carbocycles. The molecular formula is C16H33O2. The predicted molar refractivity (Wildman–Crippen MR) is 76.9 cm³/mol. The summed E-state index contributed by atoms with van der Waals surface area (Å²) in [5.41, 5.74) is 0. The van der Waals surface area contributed by atoms with Crippen LogP contribution in [0.25, 0.3) is 0 Å². The molecule has 0 N–H and O–H groups in total. The lowest BCUT2D eigenvalue weighted by Crippen LogP contribution is -2.25. The van der Waals surface area contributed by atoms with Gasteiger partial charge in [-0.05, 0) is 24.2 Å². The van der Waals surface area contributed by atoms with Crippen LogP contribution in [-0.4, -0.2) is 12.9 Å². The van der Waals surface area contributed by atoms with Crippen molar-refractivity contribution in [2.75, 3.05) is 6.61 Å². The molecule has 0 spiro atoms. The van der Waals surface area contributed by atoms with E-state index in [1.54, 1.807) is 0 Å². The fourth-order valence-electron chi connectivity index (χ4n) is 2.23. The van der Waals surface area contributed by atoms with Gasteiger partial charge in [0.2, 0.25) is 0 Å². The van der Waals surface area contributed by atoms with E-state index < -0.39 is 6.29 Å². The highest BCUT2D eigenvalue weighted by molar-refractivity contribution is 4.64. The van der Waals surface area contributed by atoms with Crippen LogP contribution in [0.4, 0.5) is 0 Å². The van der Waals surface area contributed by atoms with Gasteiger partial charge in [-0.2, -0.15) is 0 Å². The number of rotatable bonds is 10. The second-order valence-corrected chi connectivity index (χ2v) is 6.17. The molecule has 2 heteroatoms. The predicted octanol–water partition coefficient (Wildman–Crippen LogP) is 4.90. The fourth-order valence-corrected chi connectivity index (χ4v) is 2.23. The van der Waals surface area contributed by atoms with Gasteiger partial charge in [0.05, 0.1) is 6.61 Å². The minimum absolute atomic E-state index is 0.119. The highest BCUT2D eigenvalue weighted by Gasteiger charge is 2.20. The van der Waals surface area contributed by atoms with Gasteiger partial charge in [0, 0.05) is 5.92 Å². The van der Waals surface area contributed by atoms with Crippen LogP contribution >= 0.6 is 0 Å². The molecule has 0 bridgehead atoms. The summed E-state index contributed by atoms with van der Waals surface area (Å²) in [6, 6.07) is 0. The molecule has 0 fully saturated rings. The molecule has 0 aromatic heterocycles. The maximum absolute atomic E-state index is 11.9. The van der Waals surface area contributed by atoms with E-state index in [2.05, 4.69) is 34.6 Å². The van der Waals surface area contributed by atoms with Crippen LogP contribution in [0.5, 0.6) is 0 Å². The average molecular weight is 257 g/mol. The normalized spacial score (nSPS) is 20.2. The molecule has 0 aromatic rings. The van der Waals surface area contributed by atoms with E-state index >= 15 is 0 Å². The topological polar surface area (TPSA) is 29.1 Å². The molecule has 0 saturated carbocycles. The van der Waals surface area contributed by atoms with Crippen LogP contribution < -0.4 is 0 Å². The molecule has 0 aliphatic rings. The van der Waals surface area contributed by atoms with E-state index in [1.807, 2.05) is 6.92 Å². The summed E-state index contributed by atoms with van der Waals surface area (Å²) in [6.07, 6.45) is 3.69. The Morgan fingerprint density at radius 3 is 2.06 bits per heavy atom. The van der Waals surface area contributed by atoms with Gasteiger partial charge in [-0.15, -0.1) is 0 Å². The van der Waals surface area contributed by atoms with E-state index in [4.69, 9.17) is 4.74 Å². The molecule has 0 aliphatic heterocycles. The fraction of sp³-hybridized carbons (Fsp3) is 1.00. The van der Waals surface area contributed by atoms with Crippen LogP contribution in [0.3, 0.4) is 0 Å². The van der Waals surface area contributed by atoms with Gasteiger partial charge in [-0.1, -0.05) is 60.8 Å². The zero-order valence-electron chi connectivity index (χ0n) is 13.2. The Labute approximate surface area is 114 Å². The van der Waals surface area contributed by atoms with E-state index in [1.165, 1.54) is 12.8 Å². The van der Waals surface area contributed by atoms with Crippen LogP contribution in [-0.2, 0) is 9.84 Å². The minimum atomic E-state index is -0.852. The van der Waals surface area contributed by atoms with E-state index in [0.717, 1.165) is 12.8 Å². The highest BCUT2D eigenvalue weighted by Crippen LogP contribution is 2.21. The number of hydrogen-bond acceptors (Lipinski definition) is 1. The van der Waals surface area contributed by atoms with E-state index in [-0.39, 0.29) is 5.92 Å². The Kier molecular flexibility index (Phi) is 9.76. The van der Waals surface area contributed by atoms with Crippen LogP contribution in [0, 0.1) is 23.7 Å². The monoisotopic (exact) mass is 257 g/mol. The summed E-state index contributed by atoms with van der Waals surface area (Å²) in [5, 5.41) is 11.9. The van der Waals surface area contributed by atoms with Crippen molar-refractivity contribution in [1.82, 2.24) is 0 Å². The van der Waals surface area contributed by atoms with E-state index in [9.17, 15) is 5.11 Å². The van der Waals surface area contributed by atoms with Crippen LogP contribution in [0.1, 0.15) is 67.2 Å². The quantitative estimate of drug-likeness (QED) is 0.511. The first kappa shape index (κ1) is 17.9. The summed E-state index contributed by atoms with van der Waals surface area (Å²) >= 11 is 0. The Morgan fingerprint density at radius 2 is 1.56 bits per heavy atom. The summed E-state index contributed by atoms with van der Waals surface area (Å²) in [7, 11) is 0. The van der Waals surface area contributed by atoms with Crippen molar-refractivity contribution in [2.24, 2.45) is 23.7 Å². The maximum Gasteiger partial charge on any atom is 0.193 e. The summed E-state index contributed by atoms with van der Waals surface area (Å²) in [6.45, 7) is 13.6. The summed E-state index contributed by atoms with van der Waals surface area (Å²) < 4.78 is 5.52. The average Bonchev–Trinajstić information content (AvgIpc) is 2.35. The first-order chi connectivity index (χ1) is 8.42. The third-order valence-corrected chi connectivity index (χ3v) is 4.17. The zero-order chi connectivity index (χ0) is 14.1. The smallest absolute Gasteiger partial charge is 0.193 e. The molecule has 5 unspecified atom stereocenters. The molecular weight excluding hydrogens is 224 g/mol. The van der Waals surface area contributed by atoms with Crippen molar-refractivity contribution >= 4 is 0 Å². The molecule has 0 saturated heterocycles. The molecule has 109 valence electrons. The van der Waals surface area contributed by atoms with Crippen molar-refractivity contribution in [3.8, 4) is 0 Å². The lowest BCUT2D eigenvalue weighted by molar-refractivity contribution is -0.179. The third-order valence-electron chi connectivity index (χ3n) is 4.17. The zero-order valence-corrected chi connectivity index (χ0v) is 13.2. The highest BCUT2D eigenvalue weighted by atomic mass is 16.6. The first-order valence-corrected chi connectivity index (χ1v) is 7.69. The van der Waals surface area contributed by atoms with Crippen molar-refractivity contribution in [3.05, 3.63) is 0 Å². The summed E-state index contributed by atoms with van der Waals surface area (Å²) in [5.74, 6) is 1.87. The van der Waals surface area contributed by atoms with Crippen molar-refractivity contribution in [3.63, 3.8) is 0 Å². The second kappa shape index (κ2) is 9.80. The van der Waals surface area contributed by atoms with Gasteiger partial charge in [-0.25, -0.2) is 5.11 Å². The molecule has 5 atom stereocenters. The number of ether oxygens (including phenoxy) is 1. The molecule has 1 radical (unpaired) electrons. The molecule has 0 rings (SSSR count). The lowest BCUT2D eigenvalue weighted by atomic mass is 9.92. The van der Waals surface area contributed by atoms with Gasteiger partial charge >= 0.3 is 0 Å². The van der Waals surface area contributed by atoms with Gasteiger partial charge in [0.15, 0.2) is 6.29 Å². The van der Waals surface area contributed by atoms with Gasteiger partial charge in [0.25, 0.3) is 0 Å². The SMILES string of the molecule is CCCC(C)C(C)COC([O])C(C)CC(C)CC. The maximum atomic E-state index is 11.9. The van der Waals surface area contributed by atoms with Crippen LogP contribution in [0.15, 0.2) is 0 Å². The van der Waals surface area contributed by atoms with Crippen molar-refractivity contribution in [2.45, 2.75) is 73.5 Å². The standard InChI is InChI=1S/C16H33O2/c1-7-9-13(4)15(6)11-18-16(17)14(5)10-12(3)8-2/h12-16H,7-11H2,1-6H3. The Balaban J connectivity index is 3.90. The Morgan fingerprint density at radius 1 is 0.944 bits per heavy atom. The van der Waals surface area contributed by atoms with E-state index in [0.29, 0.717) is 24.4 Å².